The topological polar surface area (TPSA) is 175 Å². The highest BCUT2D eigenvalue weighted by Gasteiger charge is 2.39. The number of aromatic nitrogens is 4. The van der Waals surface area contributed by atoms with Crippen molar-refractivity contribution in [1.29, 1.82) is 0 Å². The minimum Gasteiger partial charge on any atom is -0.450 e. The lowest BCUT2D eigenvalue weighted by Crippen LogP contribution is -2.51. The van der Waals surface area contributed by atoms with Crippen LogP contribution in [0.3, 0.4) is 0 Å². The van der Waals surface area contributed by atoms with Crippen molar-refractivity contribution in [3.63, 3.8) is 0 Å². The van der Waals surface area contributed by atoms with Crippen molar-refractivity contribution in [3.05, 3.63) is 72.3 Å². The number of fused-ring (bicyclic) bond motifs is 2. The number of amides is 4. The van der Waals surface area contributed by atoms with Crippen LogP contribution < -0.4 is 10.6 Å². The van der Waals surface area contributed by atoms with Crippen molar-refractivity contribution >= 4 is 46.1 Å². The van der Waals surface area contributed by atoms with E-state index >= 15 is 0 Å². The second-order valence-corrected chi connectivity index (χ2v) is 15.8. The number of rotatable bonds is 12. The summed E-state index contributed by atoms with van der Waals surface area (Å²) in [5.41, 5.74) is 7.56. The van der Waals surface area contributed by atoms with E-state index in [0.29, 0.717) is 13.1 Å². The van der Waals surface area contributed by atoms with Gasteiger partial charge in [0.2, 0.25) is 11.8 Å². The lowest BCUT2D eigenvalue weighted by atomic mass is 10.00. The van der Waals surface area contributed by atoms with Gasteiger partial charge in [0.1, 0.15) is 23.7 Å². The predicted molar refractivity (Wildman–Crippen MR) is 222 cm³/mol. The van der Waals surface area contributed by atoms with Gasteiger partial charge in [0.05, 0.1) is 47.4 Å². The SMILES string of the molecule is CCOC(=O)N[C@H](C(=O)N1CCC[C@H]1c1nc2cc(-c3ccc(-c4ccc5[nH]c([C@@H]6CCCN6C(=O)[C@@H](NC(=O)OCC)C(C)C)nc5c4)cc3)ccc2[nH]1)C(C)C. The Balaban J connectivity index is 1.05. The number of carbonyl (C=O) groups is 4. The van der Waals surface area contributed by atoms with Gasteiger partial charge in [-0.05, 0) is 97.9 Å². The van der Waals surface area contributed by atoms with Gasteiger partial charge >= 0.3 is 12.2 Å². The first kappa shape index (κ1) is 40.3. The van der Waals surface area contributed by atoms with Crippen LogP contribution in [0.1, 0.15) is 91.0 Å². The van der Waals surface area contributed by atoms with Crippen LogP contribution in [0.5, 0.6) is 0 Å². The maximum atomic E-state index is 13.7. The van der Waals surface area contributed by atoms with Crippen LogP contribution in [-0.4, -0.2) is 92.1 Å². The molecule has 2 aliphatic heterocycles. The number of carbonyl (C=O) groups excluding carboxylic acids is 4. The van der Waals surface area contributed by atoms with Gasteiger partial charge in [-0.3, -0.25) is 9.59 Å². The molecule has 3 aromatic carbocycles. The minimum atomic E-state index is -0.691. The van der Waals surface area contributed by atoms with Crippen molar-refractivity contribution in [2.45, 2.75) is 91.4 Å². The van der Waals surface area contributed by atoms with Gasteiger partial charge in [0.15, 0.2) is 0 Å². The quantitative estimate of drug-likeness (QED) is 0.0998. The normalized spacial score (nSPS) is 17.9. The van der Waals surface area contributed by atoms with Crippen LogP contribution >= 0.6 is 0 Å². The third kappa shape index (κ3) is 8.37. The van der Waals surface area contributed by atoms with Crippen LogP contribution in [0, 0.1) is 11.8 Å². The van der Waals surface area contributed by atoms with E-state index in [2.05, 4.69) is 69.1 Å². The molecule has 0 spiro atoms. The van der Waals surface area contributed by atoms with Crippen LogP contribution in [0.25, 0.3) is 44.3 Å². The summed E-state index contributed by atoms with van der Waals surface area (Å²) in [6.07, 6.45) is 2.08. The number of benzene rings is 3. The lowest BCUT2D eigenvalue weighted by molar-refractivity contribution is -0.136. The highest BCUT2D eigenvalue weighted by atomic mass is 16.6. The molecule has 306 valence electrons. The zero-order valence-electron chi connectivity index (χ0n) is 34.1. The fourth-order valence-corrected chi connectivity index (χ4v) is 8.19. The Hall–Kier alpha value is -5.92. The summed E-state index contributed by atoms with van der Waals surface area (Å²) >= 11 is 0. The maximum absolute atomic E-state index is 13.7. The van der Waals surface area contributed by atoms with Gasteiger partial charge in [-0.15, -0.1) is 0 Å². The summed E-state index contributed by atoms with van der Waals surface area (Å²) in [7, 11) is 0. The van der Waals surface area contributed by atoms with Crippen LogP contribution in [0.4, 0.5) is 9.59 Å². The largest absolute Gasteiger partial charge is 0.450 e. The molecule has 58 heavy (non-hydrogen) atoms. The molecule has 2 saturated heterocycles. The van der Waals surface area contributed by atoms with E-state index in [-0.39, 0.29) is 48.9 Å². The maximum Gasteiger partial charge on any atom is 0.407 e. The number of likely N-dealkylation sites (tertiary alicyclic amines) is 2. The number of hydrogen-bond acceptors (Lipinski definition) is 8. The van der Waals surface area contributed by atoms with E-state index in [4.69, 9.17) is 19.4 Å². The summed E-state index contributed by atoms with van der Waals surface area (Å²) in [5, 5.41) is 5.51. The molecule has 0 bridgehead atoms. The fourth-order valence-electron chi connectivity index (χ4n) is 8.19. The molecule has 14 heteroatoms. The van der Waals surface area contributed by atoms with Crippen LogP contribution in [0.2, 0.25) is 0 Å². The molecule has 0 unspecified atom stereocenters. The van der Waals surface area contributed by atoms with E-state index in [1.54, 1.807) is 13.8 Å². The van der Waals surface area contributed by atoms with Gasteiger partial charge in [0, 0.05) is 13.1 Å². The van der Waals surface area contributed by atoms with E-state index in [9.17, 15) is 19.2 Å². The molecule has 7 rings (SSSR count). The number of nitrogens with zero attached hydrogens (tertiary/aromatic N) is 4. The lowest BCUT2D eigenvalue weighted by Gasteiger charge is -2.30. The average molecular weight is 791 g/mol. The highest BCUT2D eigenvalue weighted by molar-refractivity contribution is 5.88. The van der Waals surface area contributed by atoms with Crippen molar-refractivity contribution in [2.75, 3.05) is 26.3 Å². The summed E-state index contributed by atoms with van der Waals surface area (Å²) in [4.78, 5) is 72.4. The van der Waals surface area contributed by atoms with Gasteiger partial charge < -0.3 is 39.9 Å². The average Bonchev–Trinajstić information content (AvgIpc) is 4.03. The highest BCUT2D eigenvalue weighted by Crippen LogP contribution is 2.36. The molecule has 2 fully saturated rings. The Kier molecular flexibility index (Phi) is 12.0. The van der Waals surface area contributed by atoms with Crippen molar-refractivity contribution < 1.29 is 28.7 Å². The van der Waals surface area contributed by atoms with Crippen molar-refractivity contribution in [1.82, 2.24) is 40.4 Å². The smallest absolute Gasteiger partial charge is 0.407 e. The molecule has 2 aromatic heterocycles. The minimum absolute atomic E-state index is 0.108. The molecule has 0 aliphatic carbocycles. The number of aromatic amines is 2. The first-order valence-electron chi connectivity index (χ1n) is 20.5. The molecule has 4 N–H and O–H groups in total. The van der Waals surface area contributed by atoms with E-state index in [1.807, 2.05) is 49.6 Å². The molecule has 4 atom stereocenters. The molecule has 2 aliphatic rings. The molecular weight excluding hydrogens is 737 g/mol. The third-order valence-corrected chi connectivity index (χ3v) is 11.2. The molecular formula is C44H54N8O6. The summed E-state index contributed by atoms with van der Waals surface area (Å²) < 4.78 is 10.1. The second-order valence-electron chi connectivity index (χ2n) is 15.8. The van der Waals surface area contributed by atoms with Gasteiger partial charge in [0.25, 0.3) is 0 Å². The first-order valence-corrected chi connectivity index (χ1v) is 20.5. The van der Waals surface area contributed by atoms with Gasteiger partial charge in [-0.1, -0.05) is 64.1 Å². The molecule has 14 nitrogen and oxygen atoms in total. The van der Waals surface area contributed by atoms with E-state index in [1.165, 1.54) is 0 Å². The third-order valence-electron chi connectivity index (χ3n) is 11.2. The standard InChI is InChI=1S/C44H54N8O6/c1-7-57-43(55)49-37(25(3)4)41(53)51-21-9-11-35(51)39-45-31-19-17-29(23-33(31)47-39)27-13-15-28(16-14-27)30-18-20-32-34(24-30)48-40(46-32)36-12-10-22-52(36)42(54)38(26(5)6)50-44(56)58-8-2/h13-20,23-26,35-38H,7-12,21-22H2,1-6H3,(H,45,47)(H,46,48)(H,49,55)(H,50,56)/t35-,36-,37-,38-/m0/s1. The Labute approximate surface area is 338 Å². The number of H-pyrrole nitrogens is 2. The number of alkyl carbamates (subject to hydrolysis) is 2. The van der Waals surface area contributed by atoms with Crippen LogP contribution in [-0.2, 0) is 19.1 Å². The fraction of sp³-hybridized carbons (Fsp3) is 0.455. The van der Waals surface area contributed by atoms with Gasteiger partial charge in [-0.25, -0.2) is 19.6 Å². The molecule has 0 radical (unpaired) electrons. The summed E-state index contributed by atoms with van der Waals surface area (Å²) in [5.74, 6) is 0.996. The summed E-state index contributed by atoms with van der Waals surface area (Å²) in [6.45, 7) is 12.8. The predicted octanol–water partition coefficient (Wildman–Crippen LogP) is 7.64. The Bertz CT molecular complexity index is 2120. The van der Waals surface area contributed by atoms with Gasteiger partial charge in [-0.2, -0.15) is 0 Å². The number of hydrogen-bond donors (Lipinski definition) is 4. The van der Waals surface area contributed by atoms with E-state index < -0.39 is 24.3 Å². The zero-order chi connectivity index (χ0) is 41.1. The molecule has 5 aromatic rings. The Morgan fingerprint density at radius 2 is 1.02 bits per heavy atom. The summed E-state index contributed by atoms with van der Waals surface area (Å²) in [6, 6.07) is 18.9. The second kappa shape index (κ2) is 17.3. The Morgan fingerprint density at radius 1 is 0.638 bits per heavy atom. The van der Waals surface area contributed by atoms with Crippen molar-refractivity contribution in [3.8, 4) is 22.3 Å². The van der Waals surface area contributed by atoms with E-state index in [0.717, 1.165) is 81.7 Å². The molecule has 4 amide bonds. The number of ether oxygens (including phenoxy) is 2. The molecule has 0 saturated carbocycles. The monoisotopic (exact) mass is 790 g/mol. The number of nitrogens with one attached hydrogen (secondary N) is 4. The zero-order valence-corrected chi connectivity index (χ0v) is 34.1. The van der Waals surface area contributed by atoms with Crippen molar-refractivity contribution in [2.24, 2.45) is 11.8 Å². The first-order chi connectivity index (χ1) is 27.9. The molecule has 4 heterocycles. The number of imidazole rings is 2. The van der Waals surface area contributed by atoms with Crippen LogP contribution in [0.15, 0.2) is 60.7 Å². The Morgan fingerprint density at radius 3 is 1.38 bits per heavy atom.